The van der Waals surface area contributed by atoms with E-state index < -0.39 is 0 Å². The first-order valence-electron chi connectivity index (χ1n) is 5.05. The van der Waals surface area contributed by atoms with Crippen LogP contribution >= 0.6 is 0 Å². The standard InChI is InChI=1S/C13H9N3.Ni/c1-2-6-11-10(4-1)5-3-7-12(11)13-15-8-14-9-16-13;/h1-9H;. The predicted molar refractivity (Wildman–Crippen MR) is 62.8 cm³/mol. The van der Waals surface area contributed by atoms with E-state index in [-0.39, 0.29) is 16.5 Å². The number of hydrogen-bond acceptors (Lipinski definition) is 3. The summed E-state index contributed by atoms with van der Waals surface area (Å²) in [4.78, 5) is 12.2. The molecule has 0 atom stereocenters. The third-order valence-corrected chi connectivity index (χ3v) is 2.52. The fourth-order valence-corrected chi connectivity index (χ4v) is 1.80. The van der Waals surface area contributed by atoms with E-state index in [2.05, 4.69) is 33.2 Å². The summed E-state index contributed by atoms with van der Waals surface area (Å²) in [6, 6.07) is 14.3. The van der Waals surface area contributed by atoms with E-state index in [1.165, 1.54) is 18.0 Å². The number of benzene rings is 2. The molecule has 0 radical (unpaired) electrons. The smallest absolute Gasteiger partial charge is 0.163 e. The Bertz CT molecular complexity index is 620. The van der Waals surface area contributed by atoms with E-state index in [0.717, 1.165) is 10.9 Å². The molecule has 0 saturated carbocycles. The van der Waals surface area contributed by atoms with E-state index in [1.807, 2.05) is 24.3 Å². The average Bonchev–Trinajstić information content (AvgIpc) is 2.39. The van der Waals surface area contributed by atoms with Gasteiger partial charge in [-0.3, -0.25) is 0 Å². The van der Waals surface area contributed by atoms with Crippen LogP contribution in [0.1, 0.15) is 0 Å². The van der Waals surface area contributed by atoms with Crippen LogP contribution in [0.25, 0.3) is 22.2 Å². The van der Waals surface area contributed by atoms with Gasteiger partial charge in [0.25, 0.3) is 0 Å². The number of nitrogens with zero attached hydrogens (tertiary/aromatic N) is 3. The molecule has 3 aromatic rings. The molecule has 0 unspecified atom stereocenters. The van der Waals surface area contributed by atoms with E-state index >= 15 is 0 Å². The van der Waals surface area contributed by atoms with Crippen LogP contribution in [0.2, 0.25) is 0 Å². The molecule has 17 heavy (non-hydrogen) atoms. The molecule has 4 heteroatoms. The fourth-order valence-electron chi connectivity index (χ4n) is 1.80. The zero-order chi connectivity index (χ0) is 10.8. The van der Waals surface area contributed by atoms with Gasteiger partial charge in [0.05, 0.1) is 0 Å². The molecule has 1 heterocycles. The second-order valence-electron chi connectivity index (χ2n) is 3.49. The third kappa shape index (κ3) is 2.17. The molecule has 0 aliphatic heterocycles. The van der Waals surface area contributed by atoms with Crippen molar-refractivity contribution in [3.05, 3.63) is 55.1 Å². The maximum Gasteiger partial charge on any atom is 0.163 e. The quantitative estimate of drug-likeness (QED) is 0.635. The van der Waals surface area contributed by atoms with Crippen LogP contribution in [-0.2, 0) is 16.5 Å². The summed E-state index contributed by atoms with van der Waals surface area (Å²) in [5.74, 6) is 0.715. The van der Waals surface area contributed by atoms with Gasteiger partial charge in [0.2, 0.25) is 0 Å². The summed E-state index contributed by atoms with van der Waals surface area (Å²) in [6.45, 7) is 0. The molecule has 0 bridgehead atoms. The maximum atomic E-state index is 4.18. The van der Waals surface area contributed by atoms with Gasteiger partial charge in [0, 0.05) is 22.1 Å². The van der Waals surface area contributed by atoms with E-state index in [1.54, 1.807) is 0 Å². The van der Waals surface area contributed by atoms with Crippen LogP contribution < -0.4 is 0 Å². The van der Waals surface area contributed by atoms with Gasteiger partial charge in [-0.05, 0) is 10.8 Å². The Labute approximate surface area is 109 Å². The SMILES string of the molecule is [Ni].c1ccc2c(-c3ncncn3)cccc2c1. The summed E-state index contributed by atoms with van der Waals surface area (Å²) in [5.41, 5.74) is 1.04. The Morgan fingerprint density at radius 3 is 2.29 bits per heavy atom. The molecule has 0 spiro atoms. The largest absolute Gasteiger partial charge is 0.225 e. The Kier molecular flexibility index (Phi) is 3.45. The molecule has 0 aliphatic carbocycles. The summed E-state index contributed by atoms with van der Waals surface area (Å²) in [6.07, 6.45) is 3.04. The summed E-state index contributed by atoms with van der Waals surface area (Å²) in [7, 11) is 0. The minimum atomic E-state index is 0. The third-order valence-electron chi connectivity index (χ3n) is 2.52. The minimum absolute atomic E-state index is 0. The topological polar surface area (TPSA) is 38.7 Å². The first-order chi connectivity index (χ1) is 7.95. The molecular formula is C13H9N3Ni. The first kappa shape index (κ1) is 11.7. The van der Waals surface area contributed by atoms with Gasteiger partial charge in [-0.25, -0.2) is 15.0 Å². The van der Waals surface area contributed by atoms with Gasteiger partial charge in [-0.15, -0.1) is 0 Å². The van der Waals surface area contributed by atoms with Crippen molar-refractivity contribution in [2.75, 3.05) is 0 Å². The number of aromatic nitrogens is 3. The molecular weight excluding hydrogens is 257 g/mol. The zero-order valence-corrected chi connectivity index (χ0v) is 9.84. The minimum Gasteiger partial charge on any atom is -0.225 e. The van der Waals surface area contributed by atoms with Gasteiger partial charge >= 0.3 is 0 Å². The normalized spacial score (nSPS) is 9.88. The van der Waals surface area contributed by atoms with Crippen molar-refractivity contribution >= 4 is 10.8 Å². The number of rotatable bonds is 1. The van der Waals surface area contributed by atoms with Crippen molar-refractivity contribution in [1.29, 1.82) is 0 Å². The second kappa shape index (κ2) is 5.02. The van der Waals surface area contributed by atoms with Gasteiger partial charge in [-0.2, -0.15) is 0 Å². The van der Waals surface area contributed by atoms with Crippen molar-refractivity contribution < 1.29 is 16.5 Å². The van der Waals surface area contributed by atoms with Crippen LogP contribution in [0.4, 0.5) is 0 Å². The fraction of sp³-hybridized carbons (Fsp3) is 0. The summed E-state index contributed by atoms with van der Waals surface area (Å²) >= 11 is 0. The van der Waals surface area contributed by atoms with Crippen molar-refractivity contribution in [1.82, 2.24) is 15.0 Å². The molecule has 0 fully saturated rings. The first-order valence-corrected chi connectivity index (χ1v) is 5.05. The van der Waals surface area contributed by atoms with Crippen LogP contribution in [-0.4, -0.2) is 15.0 Å². The van der Waals surface area contributed by atoms with Crippen molar-refractivity contribution in [2.24, 2.45) is 0 Å². The van der Waals surface area contributed by atoms with Gasteiger partial charge < -0.3 is 0 Å². The number of fused-ring (bicyclic) bond motifs is 1. The Morgan fingerprint density at radius 1 is 0.765 bits per heavy atom. The van der Waals surface area contributed by atoms with E-state index in [4.69, 9.17) is 0 Å². The molecule has 2 aromatic carbocycles. The van der Waals surface area contributed by atoms with Crippen molar-refractivity contribution in [3.63, 3.8) is 0 Å². The molecule has 3 nitrogen and oxygen atoms in total. The monoisotopic (exact) mass is 265 g/mol. The predicted octanol–water partition coefficient (Wildman–Crippen LogP) is 2.69. The molecule has 0 N–H and O–H groups in total. The number of hydrogen-bond donors (Lipinski definition) is 0. The Hall–Kier alpha value is -1.80. The van der Waals surface area contributed by atoms with Gasteiger partial charge in [-0.1, -0.05) is 42.5 Å². The van der Waals surface area contributed by atoms with Crippen LogP contribution in [0.15, 0.2) is 55.1 Å². The molecule has 86 valence electrons. The molecule has 0 amide bonds. The summed E-state index contributed by atoms with van der Waals surface area (Å²) < 4.78 is 0. The molecule has 3 rings (SSSR count). The molecule has 0 saturated heterocycles. The maximum absolute atomic E-state index is 4.18. The van der Waals surface area contributed by atoms with Crippen LogP contribution in [0, 0.1) is 0 Å². The Balaban J connectivity index is 0.00000108. The second-order valence-corrected chi connectivity index (χ2v) is 3.49. The van der Waals surface area contributed by atoms with E-state index in [0.29, 0.717) is 5.82 Å². The van der Waals surface area contributed by atoms with Crippen molar-refractivity contribution in [2.45, 2.75) is 0 Å². The van der Waals surface area contributed by atoms with Gasteiger partial charge in [0.1, 0.15) is 12.7 Å². The molecule has 1 aromatic heterocycles. The average molecular weight is 266 g/mol. The Morgan fingerprint density at radius 2 is 1.47 bits per heavy atom. The van der Waals surface area contributed by atoms with Crippen LogP contribution in [0.5, 0.6) is 0 Å². The summed E-state index contributed by atoms with van der Waals surface area (Å²) in [5, 5.41) is 2.36. The van der Waals surface area contributed by atoms with Crippen LogP contribution in [0.3, 0.4) is 0 Å². The van der Waals surface area contributed by atoms with Gasteiger partial charge in [0.15, 0.2) is 5.82 Å². The van der Waals surface area contributed by atoms with Crippen molar-refractivity contribution in [3.8, 4) is 11.4 Å². The molecule has 0 aliphatic rings. The zero-order valence-electron chi connectivity index (χ0n) is 8.85. The van der Waals surface area contributed by atoms with E-state index in [9.17, 15) is 0 Å².